The Morgan fingerprint density at radius 1 is 1.17 bits per heavy atom. The molecule has 0 saturated heterocycles. The molecular formula is C17H12ClFN4O. The minimum atomic E-state index is -0.703. The fourth-order valence-electron chi connectivity index (χ4n) is 2.11. The molecule has 2 aromatic heterocycles. The second-order valence-corrected chi connectivity index (χ2v) is 5.49. The maximum Gasteiger partial charge on any atom is 0.259 e. The van der Waals surface area contributed by atoms with Gasteiger partial charge in [0.25, 0.3) is 5.91 Å². The standard InChI is InChI=1S/C17H12ClFN4O/c1-10-2-3-13(18)12(6-10)15-8-22-16(9-21-15)23-17(24)11-4-5-20-7-14(11)19/h2-9H,1H3,(H,22,23,24). The van der Waals surface area contributed by atoms with Crippen molar-refractivity contribution in [3.05, 3.63) is 71.0 Å². The van der Waals surface area contributed by atoms with Crippen LogP contribution >= 0.6 is 11.6 Å². The van der Waals surface area contributed by atoms with Crippen LogP contribution in [0.2, 0.25) is 5.02 Å². The summed E-state index contributed by atoms with van der Waals surface area (Å²) in [6.45, 7) is 1.95. The van der Waals surface area contributed by atoms with E-state index in [1.165, 1.54) is 24.7 Å². The number of pyridine rings is 1. The molecule has 0 bridgehead atoms. The van der Waals surface area contributed by atoms with Crippen LogP contribution in [0.4, 0.5) is 10.2 Å². The number of anilines is 1. The first-order chi connectivity index (χ1) is 11.5. The Morgan fingerprint density at radius 3 is 2.71 bits per heavy atom. The van der Waals surface area contributed by atoms with Gasteiger partial charge < -0.3 is 5.32 Å². The van der Waals surface area contributed by atoms with E-state index < -0.39 is 11.7 Å². The first-order valence-corrected chi connectivity index (χ1v) is 7.42. The first kappa shape index (κ1) is 16.0. The largest absolute Gasteiger partial charge is 0.305 e. The second kappa shape index (κ2) is 6.72. The number of aromatic nitrogens is 3. The highest BCUT2D eigenvalue weighted by Crippen LogP contribution is 2.27. The van der Waals surface area contributed by atoms with Gasteiger partial charge in [-0.1, -0.05) is 23.2 Å². The summed E-state index contributed by atoms with van der Waals surface area (Å²) in [5.41, 5.74) is 2.26. The van der Waals surface area contributed by atoms with E-state index in [-0.39, 0.29) is 11.4 Å². The fourth-order valence-corrected chi connectivity index (χ4v) is 2.32. The van der Waals surface area contributed by atoms with Gasteiger partial charge in [0.15, 0.2) is 11.6 Å². The smallest absolute Gasteiger partial charge is 0.259 e. The summed E-state index contributed by atoms with van der Waals surface area (Å²) in [7, 11) is 0. The second-order valence-electron chi connectivity index (χ2n) is 5.08. The fraction of sp³-hybridized carbons (Fsp3) is 0.0588. The van der Waals surface area contributed by atoms with E-state index in [0.717, 1.165) is 17.3 Å². The Hall–Kier alpha value is -2.86. The molecule has 1 N–H and O–H groups in total. The number of benzene rings is 1. The average molecular weight is 343 g/mol. The summed E-state index contributed by atoms with van der Waals surface area (Å²) in [5, 5.41) is 3.05. The van der Waals surface area contributed by atoms with E-state index in [9.17, 15) is 9.18 Å². The lowest BCUT2D eigenvalue weighted by Crippen LogP contribution is -2.15. The van der Waals surface area contributed by atoms with Crippen molar-refractivity contribution in [3.63, 3.8) is 0 Å². The Balaban J connectivity index is 1.81. The number of carbonyl (C=O) groups excluding carboxylic acids is 1. The van der Waals surface area contributed by atoms with Crippen LogP contribution in [0.3, 0.4) is 0 Å². The molecule has 0 atom stereocenters. The number of carbonyl (C=O) groups is 1. The van der Waals surface area contributed by atoms with Gasteiger partial charge in [0.05, 0.1) is 34.9 Å². The highest BCUT2D eigenvalue weighted by atomic mass is 35.5. The summed E-state index contributed by atoms with van der Waals surface area (Å²) >= 11 is 6.17. The number of hydrogen-bond acceptors (Lipinski definition) is 4. The zero-order valence-corrected chi connectivity index (χ0v) is 13.4. The van der Waals surface area contributed by atoms with E-state index >= 15 is 0 Å². The Labute approximate surface area is 142 Å². The molecular weight excluding hydrogens is 331 g/mol. The third kappa shape index (κ3) is 3.38. The lowest BCUT2D eigenvalue weighted by atomic mass is 10.1. The van der Waals surface area contributed by atoms with Crippen LogP contribution in [-0.4, -0.2) is 20.9 Å². The third-order valence-electron chi connectivity index (χ3n) is 3.31. The molecule has 1 amide bonds. The molecule has 2 heterocycles. The number of amides is 1. The molecule has 3 rings (SSSR count). The van der Waals surface area contributed by atoms with Gasteiger partial charge in [-0.15, -0.1) is 0 Å². The highest BCUT2D eigenvalue weighted by Gasteiger charge is 2.13. The van der Waals surface area contributed by atoms with Gasteiger partial charge >= 0.3 is 0 Å². The van der Waals surface area contributed by atoms with E-state index in [1.807, 2.05) is 19.1 Å². The molecule has 120 valence electrons. The average Bonchev–Trinajstić information content (AvgIpc) is 2.58. The summed E-state index contributed by atoms with van der Waals surface area (Å²) < 4.78 is 13.5. The predicted octanol–water partition coefficient (Wildman–Crippen LogP) is 3.89. The lowest BCUT2D eigenvalue weighted by molar-refractivity contribution is 0.102. The van der Waals surface area contributed by atoms with Crippen LogP contribution in [0, 0.1) is 12.7 Å². The van der Waals surface area contributed by atoms with Crippen molar-refractivity contribution >= 4 is 23.3 Å². The topological polar surface area (TPSA) is 67.8 Å². The molecule has 24 heavy (non-hydrogen) atoms. The maximum atomic E-state index is 13.5. The van der Waals surface area contributed by atoms with Crippen molar-refractivity contribution in [3.8, 4) is 11.3 Å². The summed E-state index contributed by atoms with van der Waals surface area (Å²) in [5.74, 6) is -1.11. The lowest BCUT2D eigenvalue weighted by Gasteiger charge is -2.07. The van der Waals surface area contributed by atoms with Gasteiger partial charge in [0, 0.05) is 11.8 Å². The third-order valence-corrected chi connectivity index (χ3v) is 3.64. The minimum absolute atomic E-state index is 0.113. The van der Waals surface area contributed by atoms with E-state index in [1.54, 1.807) is 6.07 Å². The first-order valence-electron chi connectivity index (χ1n) is 7.04. The Morgan fingerprint density at radius 2 is 2.00 bits per heavy atom. The molecule has 0 aliphatic heterocycles. The Bertz CT molecular complexity index is 899. The van der Waals surface area contributed by atoms with Crippen LogP contribution in [0.25, 0.3) is 11.3 Å². The minimum Gasteiger partial charge on any atom is -0.305 e. The van der Waals surface area contributed by atoms with Crippen LogP contribution in [0.1, 0.15) is 15.9 Å². The van der Waals surface area contributed by atoms with Gasteiger partial charge in [-0.05, 0) is 25.1 Å². The van der Waals surface area contributed by atoms with Gasteiger partial charge in [-0.2, -0.15) is 0 Å². The number of rotatable bonds is 3. The number of nitrogens with one attached hydrogen (secondary N) is 1. The molecule has 0 spiro atoms. The van der Waals surface area contributed by atoms with Crippen LogP contribution in [-0.2, 0) is 0 Å². The van der Waals surface area contributed by atoms with E-state index in [0.29, 0.717) is 10.7 Å². The predicted molar refractivity (Wildman–Crippen MR) is 89.4 cm³/mol. The van der Waals surface area contributed by atoms with Crippen molar-refractivity contribution in [1.82, 2.24) is 15.0 Å². The molecule has 0 fully saturated rings. The molecule has 7 heteroatoms. The van der Waals surface area contributed by atoms with Crippen LogP contribution in [0.5, 0.6) is 0 Å². The summed E-state index contributed by atoms with van der Waals surface area (Å²) in [4.78, 5) is 24.0. The van der Waals surface area contributed by atoms with E-state index in [4.69, 9.17) is 11.6 Å². The molecule has 0 aliphatic rings. The number of halogens is 2. The normalized spacial score (nSPS) is 10.5. The van der Waals surface area contributed by atoms with Gasteiger partial charge in [-0.25, -0.2) is 9.37 Å². The zero-order chi connectivity index (χ0) is 17.1. The van der Waals surface area contributed by atoms with Crippen molar-refractivity contribution in [1.29, 1.82) is 0 Å². The van der Waals surface area contributed by atoms with Gasteiger partial charge in [0.1, 0.15) is 0 Å². The monoisotopic (exact) mass is 342 g/mol. The molecule has 5 nitrogen and oxygen atoms in total. The highest BCUT2D eigenvalue weighted by molar-refractivity contribution is 6.33. The number of nitrogens with zero attached hydrogens (tertiary/aromatic N) is 3. The van der Waals surface area contributed by atoms with Crippen molar-refractivity contribution in [2.75, 3.05) is 5.32 Å². The quantitative estimate of drug-likeness (QED) is 0.784. The van der Waals surface area contributed by atoms with Crippen LogP contribution in [0.15, 0.2) is 49.1 Å². The molecule has 3 aromatic rings. The van der Waals surface area contributed by atoms with Gasteiger partial charge in [-0.3, -0.25) is 14.8 Å². The van der Waals surface area contributed by atoms with Crippen LogP contribution < -0.4 is 5.32 Å². The number of hydrogen-bond donors (Lipinski definition) is 1. The molecule has 0 saturated carbocycles. The Kier molecular flexibility index (Phi) is 4.48. The molecule has 0 unspecified atom stereocenters. The van der Waals surface area contributed by atoms with Crippen molar-refractivity contribution in [2.45, 2.75) is 6.92 Å². The maximum absolute atomic E-state index is 13.5. The zero-order valence-electron chi connectivity index (χ0n) is 12.6. The molecule has 1 aromatic carbocycles. The van der Waals surface area contributed by atoms with Gasteiger partial charge in [0.2, 0.25) is 0 Å². The number of aryl methyl sites for hydroxylation is 1. The van der Waals surface area contributed by atoms with Crippen molar-refractivity contribution < 1.29 is 9.18 Å². The van der Waals surface area contributed by atoms with E-state index in [2.05, 4.69) is 20.3 Å². The SMILES string of the molecule is Cc1ccc(Cl)c(-c2cnc(NC(=O)c3ccncc3F)cn2)c1. The molecule has 0 radical (unpaired) electrons. The van der Waals surface area contributed by atoms with Crippen molar-refractivity contribution in [2.24, 2.45) is 0 Å². The summed E-state index contributed by atoms with van der Waals surface area (Å²) in [6, 6.07) is 6.88. The summed E-state index contributed by atoms with van der Waals surface area (Å²) in [6.07, 6.45) is 5.21. The molecule has 0 aliphatic carbocycles.